The summed E-state index contributed by atoms with van der Waals surface area (Å²) in [5, 5.41) is 3.53. The fraction of sp³-hybridized carbons (Fsp3) is 0.810. The first-order valence-corrected chi connectivity index (χ1v) is 10.9. The van der Waals surface area contributed by atoms with Crippen molar-refractivity contribution in [2.45, 2.75) is 39.2 Å². The summed E-state index contributed by atoms with van der Waals surface area (Å²) >= 11 is 0. The highest BCUT2D eigenvalue weighted by atomic mass is 127. The van der Waals surface area contributed by atoms with E-state index < -0.39 is 0 Å². The van der Waals surface area contributed by atoms with Crippen LogP contribution in [0.1, 0.15) is 39.2 Å². The molecule has 8 heteroatoms. The minimum Gasteiger partial charge on any atom is -0.383 e. The SMILES string of the molecule is CCNC(=NCC1CCN(CCOC)CC1)N1CCC(C)C(n2ccnc2)C1.I. The first-order chi connectivity index (χ1) is 13.7. The number of aliphatic imine (C=N–C) groups is 1. The largest absolute Gasteiger partial charge is 0.383 e. The molecule has 2 aliphatic rings. The van der Waals surface area contributed by atoms with E-state index in [0.717, 1.165) is 45.3 Å². The fourth-order valence-corrected chi connectivity index (χ4v) is 4.35. The quantitative estimate of drug-likeness (QED) is 0.342. The van der Waals surface area contributed by atoms with Crippen molar-refractivity contribution in [2.24, 2.45) is 16.8 Å². The van der Waals surface area contributed by atoms with Crippen LogP contribution in [0.15, 0.2) is 23.7 Å². The number of likely N-dealkylation sites (tertiary alicyclic amines) is 2. The van der Waals surface area contributed by atoms with Gasteiger partial charge < -0.3 is 24.4 Å². The van der Waals surface area contributed by atoms with E-state index in [1.807, 2.05) is 12.5 Å². The Morgan fingerprint density at radius 2 is 2.03 bits per heavy atom. The van der Waals surface area contributed by atoms with E-state index in [0.29, 0.717) is 17.9 Å². The Labute approximate surface area is 193 Å². The standard InChI is InChI=1S/C21H38N6O.HI/c1-4-23-21(24-15-19-6-9-25(10-7-19)13-14-28-3)26-11-5-18(2)20(16-26)27-12-8-22-17-27;/h8,12,17-20H,4-7,9-11,13-16H2,1-3H3,(H,23,24);1H. The van der Waals surface area contributed by atoms with Gasteiger partial charge in [0.1, 0.15) is 0 Å². The van der Waals surface area contributed by atoms with Crippen molar-refractivity contribution >= 4 is 29.9 Å². The number of halogens is 1. The summed E-state index contributed by atoms with van der Waals surface area (Å²) in [7, 11) is 1.78. The molecule has 2 aliphatic heterocycles. The molecule has 1 N–H and O–H groups in total. The molecule has 0 bridgehead atoms. The Hall–Kier alpha value is -0.870. The zero-order valence-corrected chi connectivity index (χ0v) is 20.6. The molecule has 0 spiro atoms. The van der Waals surface area contributed by atoms with Crippen molar-refractivity contribution in [3.63, 3.8) is 0 Å². The molecule has 0 amide bonds. The number of rotatable bonds is 7. The maximum Gasteiger partial charge on any atom is 0.193 e. The Bertz CT molecular complexity index is 588. The van der Waals surface area contributed by atoms with Gasteiger partial charge in [0.25, 0.3) is 0 Å². The second-order valence-electron chi connectivity index (χ2n) is 8.26. The van der Waals surface area contributed by atoms with Crippen molar-refractivity contribution in [3.8, 4) is 0 Å². The van der Waals surface area contributed by atoms with Gasteiger partial charge in [-0.2, -0.15) is 0 Å². The molecule has 3 heterocycles. The fourth-order valence-electron chi connectivity index (χ4n) is 4.35. The zero-order chi connectivity index (χ0) is 19.8. The number of nitrogens with one attached hydrogen (secondary N) is 1. The lowest BCUT2D eigenvalue weighted by molar-refractivity contribution is 0.121. The molecule has 0 aliphatic carbocycles. The third-order valence-electron chi connectivity index (χ3n) is 6.28. The molecule has 7 nitrogen and oxygen atoms in total. The van der Waals surface area contributed by atoms with E-state index in [-0.39, 0.29) is 24.0 Å². The van der Waals surface area contributed by atoms with Gasteiger partial charge in [-0.05, 0) is 51.1 Å². The molecule has 2 unspecified atom stereocenters. The molecule has 1 aromatic rings. The normalized spacial score (nSPS) is 24.4. The Morgan fingerprint density at radius 1 is 1.24 bits per heavy atom. The Morgan fingerprint density at radius 3 is 2.69 bits per heavy atom. The maximum atomic E-state index is 5.20. The number of ether oxygens (including phenoxy) is 1. The van der Waals surface area contributed by atoms with Crippen LogP contribution in [0.3, 0.4) is 0 Å². The van der Waals surface area contributed by atoms with Crippen LogP contribution in [-0.4, -0.2) is 84.8 Å². The van der Waals surface area contributed by atoms with Gasteiger partial charge in [-0.25, -0.2) is 4.98 Å². The smallest absolute Gasteiger partial charge is 0.193 e. The van der Waals surface area contributed by atoms with Crippen molar-refractivity contribution in [2.75, 3.05) is 59.5 Å². The van der Waals surface area contributed by atoms with Crippen LogP contribution in [0, 0.1) is 11.8 Å². The average molecular weight is 518 g/mol. The van der Waals surface area contributed by atoms with Crippen molar-refractivity contribution < 1.29 is 4.74 Å². The van der Waals surface area contributed by atoms with Crippen molar-refractivity contribution in [1.82, 2.24) is 24.7 Å². The summed E-state index contributed by atoms with van der Waals surface area (Å²) in [6.45, 7) is 12.7. The molecule has 3 rings (SSSR count). The van der Waals surface area contributed by atoms with Crippen LogP contribution < -0.4 is 5.32 Å². The topological polar surface area (TPSA) is 57.9 Å². The summed E-state index contributed by atoms with van der Waals surface area (Å²) in [6.07, 6.45) is 9.58. The minimum absolute atomic E-state index is 0. The molecular weight excluding hydrogens is 479 g/mol. The highest BCUT2D eigenvalue weighted by Gasteiger charge is 2.29. The number of imidazole rings is 1. The molecule has 0 saturated carbocycles. The summed E-state index contributed by atoms with van der Waals surface area (Å²) in [5.41, 5.74) is 0. The third kappa shape index (κ3) is 7.10. The second-order valence-corrected chi connectivity index (χ2v) is 8.26. The Balaban J connectivity index is 0.00000300. The highest BCUT2D eigenvalue weighted by Crippen LogP contribution is 2.27. The average Bonchev–Trinajstić information content (AvgIpc) is 3.25. The number of methoxy groups -OCH3 is 1. The van der Waals surface area contributed by atoms with Gasteiger partial charge in [0, 0.05) is 52.2 Å². The third-order valence-corrected chi connectivity index (χ3v) is 6.28. The molecule has 1 aromatic heterocycles. The molecule has 29 heavy (non-hydrogen) atoms. The number of aromatic nitrogens is 2. The minimum atomic E-state index is 0. The molecule has 0 radical (unpaired) electrons. The maximum absolute atomic E-state index is 5.20. The molecule has 2 fully saturated rings. The van der Waals surface area contributed by atoms with Crippen LogP contribution in [0.2, 0.25) is 0 Å². The van der Waals surface area contributed by atoms with Gasteiger partial charge in [-0.15, -0.1) is 24.0 Å². The summed E-state index contributed by atoms with van der Waals surface area (Å²) in [6, 6.07) is 0.462. The van der Waals surface area contributed by atoms with Gasteiger partial charge in [0.15, 0.2) is 5.96 Å². The number of nitrogens with zero attached hydrogens (tertiary/aromatic N) is 5. The van der Waals surface area contributed by atoms with E-state index in [1.165, 1.54) is 32.4 Å². The molecule has 0 aromatic carbocycles. The van der Waals surface area contributed by atoms with E-state index in [1.54, 1.807) is 7.11 Å². The first kappa shape index (κ1) is 24.4. The highest BCUT2D eigenvalue weighted by molar-refractivity contribution is 14.0. The Kier molecular flexibility index (Phi) is 10.7. The lowest BCUT2D eigenvalue weighted by Crippen LogP contribution is -2.49. The van der Waals surface area contributed by atoms with Crippen molar-refractivity contribution in [1.29, 1.82) is 0 Å². The monoisotopic (exact) mass is 518 g/mol. The van der Waals surface area contributed by atoms with E-state index >= 15 is 0 Å². The number of hydrogen-bond acceptors (Lipinski definition) is 4. The predicted molar refractivity (Wildman–Crippen MR) is 129 cm³/mol. The summed E-state index contributed by atoms with van der Waals surface area (Å²) < 4.78 is 7.46. The van der Waals surface area contributed by atoms with Gasteiger partial charge in [0.2, 0.25) is 0 Å². The summed E-state index contributed by atoms with van der Waals surface area (Å²) in [5.74, 6) is 2.44. The van der Waals surface area contributed by atoms with E-state index in [2.05, 4.69) is 44.7 Å². The summed E-state index contributed by atoms with van der Waals surface area (Å²) in [4.78, 5) is 14.3. The van der Waals surface area contributed by atoms with Crippen LogP contribution in [0.4, 0.5) is 0 Å². The number of guanidine groups is 1. The first-order valence-electron chi connectivity index (χ1n) is 10.9. The molecule has 2 saturated heterocycles. The van der Waals surface area contributed by atoms with Crippen LogP contribution in [-0.2, 0) is 4.74 Å². The predicted octanol–water partition coefficient (Wildman–Crippen LogP) is 2.71. The van der Waals surface area contributed by atoms with E-state index in [9.17, 15) is 0 Å². The molecular formula is C21H39IN6O. The van der Waals surface area contributed by atoms with Gasteiger partial charge >= 0.3 is 0 Å². The number of piperidine rings is 2. The van der Waals surface area contributed by atoms with Crippen LogP contribution in [0.5, 0.6) is 0 Å². The zero-order valence-electron chi connectivity index (χ0n) is 18.3. The van der Waals surface area contributed by atoms with Crippen LogP contribution >= 0.6 is 24.0 Å². The lowest BCUT2D eigenvalue weighted by atomic mass is 9.93. The molecule has 2 atom stereocenters. The van der Waals surface area contributed by atoms with Gasteiger partial charge in [-0.1, -0.05) is 6.92 Å². The van der Waals surface area contributed by atoms with Gasteiger partial charge in [0.05, 0.1) is 19.0 Å². The lowest BCUT2D eigenvalue weighted by Gasteiger charge is -2.39. The molecule has 166 valence electrons. The van der Waals surface area contributed by atoms with E-state index in [4.69, 9.17) is 9.73 Å². The van der Waals surface area contributed by atoms with Gasteiger partial charge in [-0.3, -0.25) is 4.99 Å². The number of hydrogen-bond donors (Lipinski definition) is 1. The van der Waals surface area contributed by atoms with Crippen LogP contribution in [0.25, 0.3) is 0 Å². The second kappa shape index (κ2) is 12.7. The van der Waals surface area contributed by atoms with Crippen molar-refractivity contribution in [3.05, 3.63) is 18.7 Å².